The van der Waals surface area contributed by atoms with E-state index >= 15 is 0 Å². The minimum Gasteiger partial charge on any atom is -0.507 e. The minimum atomic E-state index is -0.417. The second-order valence-corrected chi connectivity index (χ2v) is 8.08. The number of phenols is 2. The second kappa shape index (κ2) is 9.36. The summed E-state index contributed by atoms with van der Waals surface area (Å²) in [6, 6.07) is 9.17. The molecule has 0 aromatic heterocycles. The maximum Gasteiger partial charge on any atom is 0.262 e. The van der Waals surface area contributed by atoms with Gasteiger partial charge >= 0.3 is 0 Å². The molecule has 8 heteroatoms. The molecule has 2 aromatic carbocycles. The number of nitrogens with one attached hydrogen (secondary N) is 1. The lowest BCUT2D eigenvalue weighted by atomic mass is 9.96. The Balaban J connectivity index is 1.95. The number of carbonyl (C=O) groups is 2. The van der Waals surface area contributed by atoms with Crippen molar-refractivity contribution in [3.8, 4) is 11.5 Å². The first-order valence-corrected chi connectivity index (χ1v) is 10.2. The maximum absolute atomic E-state index is 13.4. The molecule has 7 nitrogen and oxygen atoms in total. The first-order valence-electron chi connectivity index (χ1n) is 9.83. The summed E-state index contributed by atoms with van der Waals surface area (Å²) < 4.78 is 0. The van der Waals surface area contributed by atoms with Crippen LogP contribution in [0.15, 0.2) is 36.4 Å². The van der Waals surface area contributed by atoms with Crippen molar-refractivity contribution in [1.29, 1.82) is 0 Å². The number of carbonyl (C=O) groups excluding carboxylic acids is 2. The van der Waals surface area contributed by atoms with Crippen LogP contribution in [0.1, 0.15) is 33.6 Å². The lowest BCUT2D eigenvalue weighted by Gasteiger charge is -2.30. The van der Waals surface area contributed by atoms with Gasteiger partial charge in [-0.3, -0.25) is 9.59 Å². The molecule has 2 amide bonds. The average molecular weight is 432 g/mol. The van der Waals surface area contributed by atoms with Crippen LogP contribution in [0.3, 0.4) is 0 Å². The van der Waals surface area contributed by atoms with E-state index in [1.165, 1.54) is 11.0 Å². The van der Waals surface area contributed by atoms with Crippen molar-refractivity contribution < 1.29 is 19.8 Å². The van der Waals surface area contributed by atoms with E-state index in [-0.39, 0.29) is 28.0 Å². The number of benzene rings is 2. The third-order valence-corrected chi connectivity index (χ3v) is 5.58. The highest BCUT2D eigenvalue weighted by Gasteiger charge is 2.26. The van der Waals surface area contributed by atoms with Gasteiger partial charge in [0.2, 0.25) is 0 Å². The van der Waals surface area contributed by atoms with E-state index in [2.05, 4.69) is 5.32 Å². The second-order valence-electron chi connectivity index (χ2n) is 7.68. The van der Waals surface area contributed by atoms with Gasteiger partial charge in [-0.05, 0) is 62.2 Å². The first kappa shape index (κ1) is 21.9. The smallest absolute Gasteiger partial charge is 0.262 e. The number of halogens is 1. The van der Waals surface area contributed by atoms with Gasteiger partial charge in [0, 0.05) is 38.0 Å². The third kappa shape index (κ3) is 4.86. The van der Waals surface area contributed by atoms with Crippen LogP contribution in [-0.4, -0.2) is 60.7 Å². The highest BCUT2D eigenvalue weighted by atomic mass is 35.5. The number of hydrogen-bond donors (Lipinski definition) is 3. The highest BCUT2D eigenvalue weighted by Crippen LogP contribution is 2.33. The number of piperidine rings is 1. The van der Waals surface area contributed by atoms with Crippen LogP contribution < -0.4 is 10.2 Å². The monoisotopic (exact) mass is 431 g/mol. The molecule has 1 aliphatic heterocycles. The summed E-state index contributed by atoms with van der Waals surface area (Å²) in [5, 5.41) is 23.2. The lowest BCUT2D eigenvalue weighted by Crippen LogP contribution is -2.39. The standard InChI is InChI=1S/C22H26ClN3O4/c1-25(2)21(29)15-3-5-16(6-4-15)26(13-14-7-9-24-10-8-14)22(30)17-11-18(23)20(28)12-19(17)27/h3-6,11-12,14,24,27-28H,7-10,13H2,1-2H3. The Labute approximate surface area is 180 Å². The number of anilines is 1. The third-order valence-electron chi connectivity index (χ3n) is 5.27. The van der Waals surface area contributed by atoms with Crippen LogP contribution in [0.4, 0.5) is 5.69 Å². The molecule has 1 saturated heterocycles. The topological polar surface area (TPSA) is 93.1 Å². The average Bonchev–Trinajstić information content (AvgIpc) is 2.74. The number of nitrogens with zero attached hydrogens (tertiary/aromatic N) is 2. The first-order chi connectivity index (χ1) is 14.3. The molecule has 30 heavy (non-hydrogen) atoms. The van der Waals surface area contributed by atoms with Gasteiger partial charge in [-0.25, -0.2) is 0 Å². The molecule has 0 atom stereocenters. The Morgan fingerprint density at radius 2 is 1.67 bits per heavy atom. The molecule has 0 spiro atoms. The number of amides is 2. The van der Waals surface area contributed by atoms with Gasteiger partial charge < -0.3 is 25.3 Å². The molecule has 1 aliphatic rings. The van der Waals surface area contributed by atoms with Crippen LogP contribution >= 0.6 is 11.6 Å². The van der Waals surface area contributed by atoms with Gasteiger partial charge in [0.1, 0.15) is 11.5 Å². The molecule has 1 fully saturated rings. The van der Waals surface area contributed by atoms with E-state index in [1.807, 2.05) is 0 Å². The van der Waals surface area contributed by atoms with Gasteiger partial charge in [-0.2, -0.15) is 0 Å². The van der Waals surface area contributed by atoms with E-state index in [1.54, 1.807) is 43.3 Å². The zero-order valence-electron chi connectivity index (χ0n) is 17.1. The summed E-state index contributed by atoms with van der Waals surface area (Å²) in [6.07, 6.45) is 1.87. The molecule has 3 rings (SSSR count). The zero-order valence-corrected chi connectivity index (χ0v) is 17.8. The molecule has 2 aromatic rings. The lowest BCUT2D eigenvalue weighted by molar-refractivity contribution is 0.0827. The Hall–Kier alpha value is -2.77. The number of phenolic OH excluding ortho intramolecular Hbond substituents is 2. The quantitative estimate of drug-likeness (QED) is 0.676. The fourth-order valence-corrected chi connectivity index (χ4v) is 3.70. The summed E-state index contributed by atoms with van der Waals surface area (Å²) in [6.45, 7) is 2.25. The number of hydrogen-bond acceptors (Lipinski definition) is 5. The van der Waals surface area contributed by atoms with Crippen LogP contribution in [0.25, 0.3) is 0 Å². The van der Waals surface area contributed by atoms with Crippen molar-refractivity contribution in [1.82, 2.24) is 10.2 Å². The molecule has 0 saturated carbocycles. The van der Waals surface area contributed by atoms with Crippen molar-refractivity contribution in [2.45, 2.75) is 12.8 Å². The van der Waals surface area contributed by atoms with Crippen molar-refractivity contribution >= 4 is 29.1 Å². The Kier molecular flexibility index (Phi) is 6.84. The maximum atomic E-state index is 13.4. The molecule has 3 N–H and O–H groups in total. The summed E-state index contributed by atoms with van der Waals surface area (Å²) in [7, 11) is 3.36. The van der Waals surface area contributed by atoms with Crippen molar-refractivity contribution in [3.63, 3.8) is 0 Å². The van der Waals surface area contributed by atoms with Gasteiger partial charge in [0.15, 0.2) is 0 Å². The van der Waals surface area contributed by atoms with Crippen LogP contribution in [0.5, 0.6) is 11.5 Å². The van der Waals surface area contributed by atoms with E-state index in [9.17, 15) is 19.8 Å². The predicted molar refractivity (Wildman–Crippen MR) is 117 cm³/mol. The zero-order chi connectivity index (χ0) is 21.8. The molecular formula is C22H26ClN3O4. The minimum absolute atomic E-state index is 0.00936. The van der Waals surface area contributed by atoms with Gasteiger partial charge in [-0.15, -0.1) is 0 Å². The Morgan fingerprint density at radius 3 is 2.27 bits per heavy atom. The fraction of sp³-hybridized carbons (Fsp3) is 0.364. The van der Waals surface area contributed by atoms with Crippen LogP contribution in [0, 0.1) is 5.92 Å². The summed E-state index contributed by atoms with van der Waals surface area (Å²) in [5.41, 5.74) is 1.16. The van der Waals surface area contributed by atoms with E-state index in [0.29, 0.717) is 23.7 Å². The van der Waals surface area contributed by atoms with Gasteiger partial charge in [0.05, 0.1) is 10.6 Å². The highest BCUT2D eigenvalue weighted by molar-refractivity contribution is 6.32. The molecule has 160 valence electrons. The van der Waals surface area contributed by atoms with Crippen molar-refractivity contribution in [2.75, 3.05) is 38.6 Å². The van der Waals surface area contributed by atoms with Crippen molar-refractivity contribution in [2.24, 2.45) is 5.92 Å². The summed E-state index contributed by atoms with van der Waals surface area (Å²) >= 11 is 5.98. The van der Waals surface area contributed by atoms with Gasteiger partial charge in [0.25, 0.3) is 11.8 Å². The molecule has 0 bridgehead atoms. The Morgan fingerprint density at radius 1 is 1.03 bits per heavy atom. The largest absolute Gasteiger partial charge is 0.507 e. The number of aromatic hydroxyl groups is 2. The SMILES string of the molecule is CN(C)C(=O)c1ccc(N(CC2CCNCC2)C(=O)c2cc(Cl)c(O)cc2O)cc1. The van der Waals surface area contributed by atoms with E-state index in [4.69, 9.17) is 11.6 Å². The van der Waals surface area contributed by atoms with Crippen LogP contribution in [0.2, 0.25) is 5.02 Å². The molecule has 0 aliphatic carbocycles. The van der Waals surface area contributed by atoms with E-state index in [0.717, 1.165) is 32.0 Å². The molecule has 0 unspecified atom stereocenters. The predicted octanol–water partition coefficient (Wildman–Crippen LogP) is 3.10. The normalized spacial score (nSPS) is 14.4. The fourth-order valence-electron chi connectivity index (χ4n) is 3.54. The Bertz CT molecular complexity index is 925. The summed E-state index contributed by atoms with van der Waals surface area (Å²) in [5.74, 6) is -0.868. The van der Waals surface area contributed by atoms with Crippen LogP contribution in [-0.2, 0) is 0 Å². The summed E-state index contributed by atoms with van der Waals surface area (Å²) in [4.78, 5) is 28.6. The molecule has 0 radical (unpaired) electrons. The van der Waals surface area contributed by atoms with Crippen molar-refractivity contribution in [3.05, 3.63) is 52.5 Å². The number of rotatable bonds is 5. The molecular weight excluding hydrogens is 406 g/mol. The van der Waals surface area contributed by atoms with Gasteiger partial charge in [-0.1, -0.05) is 11.6 Å². The molecule has 1 heterocycles. The van der Waals surface area contributed by atoms with E-state index < -0.39 is 5.91 Å².